The van der Waals surface area contributed by atoms with Crippen LogP contribution in [-0.2, 0) is 27.8 Å². The summed E-state index contributed by atoms with van der Waals surface area (Å²) in [6, 6.07) is 3.20. The van der Waals surface area contributed by atoms with E-state index in [-0.39, 0.29) is 11.9 Å². The lowest BCUT2D eigenvalue weighted by molar-refractivity contribution is -0.131. The van der Waals surface area contributed by atoms with Crippen LogP contribution in [0.3, 0.4) is 0 Å². The number of amides is 1. The molecule has 9 heteroatoms. The van der Waals surface area contributed by atoms with Crippen molar-refractivity contribution in [3.63, 3.8) is 0 Å². The first-order valence-electron chi connectivity index (χ1n) is 10.0. The Morgan fingerprint density at radius 2 is 2.00 bits per heavy atom. The highest BCUT2D eigenvalue weighted by atomic mass is 32.2. The summed E-state index contributed by atoms with van der Waals surface area (Å²) in [6.45, 7) is 10.3. The monoisotopic (exact) mass is 438 g/mol. The van der Waals surface area contributed by atoms with Crippen LogP contribution in [0, 0.1) is 19.8 Å². The van der Waals surface area contributed by atoms with Gasteiger partial charge in [-0.05, 0) is 44.1 Å². The molecule has 1 aliphatic rings. The highest BCUT2D eigenvalue weighted by Crippen LogP contribution is 2.20. The van der Waals surface area contributed by atoms with E-state index in [0.717, 1.165) is 23.5 Å². The third-order valence-electron chi connectivity index (χ3n) is 5.33. The molecule has 1 fully saturated rings. The summed E-state index contributed by atoms with van der Waals surface area (Å²) in [4.78, 5) is 14.7. The molecule has 1 amide bonds. The fourth-order valence-corrected chi connectivity index (χ4v) is 6.03. The quantitative estimate of drug-likeness (QED) is 0.720. The Morgan fingerprint density at radius 3 is 2.59 bits per heavy atom. The smallest absolute Gasteiger partial charge is 0.250 e. The molecule has 0 aliphatic carbocycles. The number of carbonyl (C=O) groups excluding carboxylic acids is 1. The van der Waals surface area contributed by atoms with Crippen molar-refractivity contribution in [2.45, 2.75) is 63.8 Å². The third kappa shape index (κ3) is 5.26. The van der Waals surface area contributed by atoms with Gasteiger partial charge < -0.3 is 4.90 Å². The normalized spacial score (nSPS) is 16.0. The lowest BCUT2D eigenvalue weighted by Crippen LogP contribution is -2.46. The standard InChI is InChI=1S/C20H30N4O3S2/c1-14(2)13-24-16(4)18(15(3)21-24)12-19(25)23-9-7-17(8-10-23)22-29(26,27)20-6-5-11-28-20/h5-6,11,14,17,22H,7-10,12-13H2,1-4H3. The zero-order chi connectivity index (χ0) is 21.2. The number of sulfonamides is 1. The predicted octanol–water partition coefficient (Wildman–Crippen LogP) is 2.73. The number of aromatic nitrogens is 2. The predicted molar refractivity (Wildman–Crippen MR) is 114 cm³/mol. The molecule has 0 spiro atoms. The van der Waals surface area contributed by atoms with Crippen LogP contribution in [0.25, 0.3) is 0 Å². The number of piperidine rings is 1. The minimum absolute atomic E-state index is 0.0832. The van der Waals surface area contributed by atoms with E-state index in [2.05, 4.69) is 23.7 Å². The number of carbonyl (C=O) groups is 1. The van der Waals surface area contributed by atoms with E-state index < -0.39 is 10.0 Å². The highest BCUT2D eigenvalue weighted by molar-refractivity contribution is 7.91. The minimum Gasteiger partial charge on any atom is -0.342 e. The van der Waals surface area contributed by atoms with Gasteiger partial charge in [-0.1, -0.05) is 19.9 Å². The number of nitrogens with zero attached hydrogens (tertiary/aromatic N) is 3. The van der Waals surface area contributed by atoms with Crippen molar-refractivity contribution in [2.24, 2.45) is 5.92 Å². The maximum atomic E-state index is 12.8. The van der Waals surface area contributed by atoms with Crippen molar-refractivity contribution in [2.75, 3.05) is 13.1 Å². The van der Waals surface area contributed by atoms with Crippen LogP contribution in [0.4, 0.5) is 0 Å². The van der Waals surface area contributed by atoms with Crippen molar-refractivity contribution < 1.29 is 13.2 Å². The van der Waals surface area contributed by atoms with E-state index in [4.69, 9.17) is 0 Å². The molecule has 0 atom stereocenters. The van der Waals surface area contributed by atoms with Crippen molar-refractivity contribution in [3.8, 4) is 0 Å². The Kier molecular flexibility index (Phi) is 6.80. The molecule has 0 radical (unpaired) electrons. The van der Waals surface area contributed by atoms with E-state index >= 15 is 0 Å². The average Bonchev–Trinajstić information content (AvgIpc) is 3.27. The van der Waals surface area contributed by atoms with Gasteiger partial charge in [-0.15, -0.1) is 11.3 Å². The van der Waals surface area contributed by atoms with Gasteiger partial charge in [0.15, 0.2) is 0 Å². The van der Waals surface area contributed by atoms with E-state index in [1.807, 2.05) is 23.4 Å². The first-order valence-corrected chi connectivity index (χ1v) is 12.4. The third-order valence-corrected chi connectivity index (χ3v) is 8.24. The van der Waals surface area contributed by atoms with Gasteiger partial charge in [-0.3, -0.25) is 9.48 Å². The van der Waals surface area contributed by atoms with Crippen LogP contribution in [0.5, 0.6) is 0 Å². The molecule has 0 bridgehead atoms. The van der Waals surface area contributed by atoms with Crippen LogP contribution in [0.1, 0.15) is 43.6 Å². The number of hydrogen-bond acceptors (Lipinski definition) is 5. The molecule has 7 nitrogen and oxygen atoms in total. The van der Waals surface area contributed by atoms with Gasteiger partial charge in [-0.2, -0.15) is 5.10 Å². The molecule has 0 saturated carbocycles. The summed E-state index contributed by atoms with van der Waals surface area (Å²) < 4.78 is 29.9. The zero-order valence-electron chi connectivity index (χ0n) is 17.5. The summed E-state index contributed by atoms with van der Waals surface area (Å²) in [5.74, 6) is 0.577. The number of hydrogen-bond donors (Lipinski definition) is 1. The van der Waals surface area contributed by atoms with Gasteiger partial charge in [0.1, 0.15) is 4.21 Å². The van der Waals surface area contributed by atoms with Crippen molar-refractivity contribution in [1.29, 1.82) is 0 Å². The maximum absolute atomic E-state index is 12.8. The van der Waals surface area contributed by atoms with Crippen molar-refractivity contribution in [1.82, 2.24) is 19.4 Å². The Bertz CT molecular complexity index is 941. The maximum Gasteiger partial charge on any atom is 0.250 e. The number of likely N-dealkylation sites (tertiary alicyclic amines) is 1. The second-order valence-electron chi connectivity index (χ2n) is 8.11. The van der Waals surface area contributed by atoms with Crippen LogP contribution in [-0.4, -0.2) is 48.1 Å². The molecule has 1 aliphatic heterocycles. The van der Waals surface area contributed by atoms with E-state index in [9.17, 15) is 13.2 Å². The van der Waals surface area contributed by atoms with Gasteiger partial charge in [0.25, 0.3) is 0 Å². The minimum atomic E-state index is -3.47. The molecule has 3 heterocycles. The second kappa shape index (κ2) is 8.97. The zero-order valence-corrected chi connectivity index (χ0v) is 19.1. The van der Waals surface area contributed by atoms with E-state index in [0.29, 0.717) is 42.5 Å². The fraction of sp³-hybridized carbons (Fsp3) is 0.600. The van der Waals surface area contributed by atoms with Crippen LogP contribution in [0.15, 0.2) is 21.7 Å². The van der Waals surface area contributed by atoms with Crippen molar-refractivity contribution in [3.05, 3.63) is 34.5 Å². The van der Waals surface area contributed by atoms with Gasteiger partial charge >= 0.3 is 0 Å². The summed E-state index contributed by atoms with van der Waals surface area (Å²) in [7, 11) is -3.47. The Morgan fingerprint density at radius 1 is 1.31 bits per heavy atom. The van der Waals surface area contributed by atoms with Gasteiger partial charge in [0.2, 0.25) is 15.9 Å². The van der Waals surface area contributed by atoms with Gasteiger partial charge in [0.05, 0.1) is 12.1 Å². The van der Waals surface area contributed by atoms with Crippen molar-refractivity contribution >= 4 is 27.3 Å². The summed E-state index contributed by atoms with van der Waals surface area (Å²) >= 11 is 1.21. The molecule has 2 aromatic rings. The lowest BCUT2D eigenvalue weighted by atomic mass is 10.0. The second-order valence-corrected chi connectivity index (χ2v) is 11.0. The molecular weight excluding hydrogens is 408 g/mol. The first kappa shape index (κ1) is 22.0. The lowest BCUT2D eigenvalue weighted by Gasteiger charge is -2.32. The van der Waals surface area contributed by atoms with Crippen LogP contribution in [0.2, 0.25) is 0 Å². The highest BCUT2D eigenvalue weighted by Gasteiger charge is 2.28. The van der Waals surface area contributed by atoms with Crippen LogP contribution >= 0.6 is 11.3 Å². The van der Waals surface area contributed by atoms with E-state index in [1.54, 1.807) is 17.5 Å². The summed E-state index contributed by atoms with van der Waals surface area (Å²) in [5.41, 5.74) is 2.98. The molecule has 160 valence electrons. The van der Waals surface area contributed by atoms with Crippen LogP contribution < -0.4 is 4.72 Å². The molecule has 1 saturated heterocycles. The molecular formula is C20H30N4O3S2. The number of aryl methyl sites for hydroxylation is 1. The van der Waals surface area contributed by atoms with E-state index in [1.165, 1.54) is 11.3 Å². The number of nitrogens with one attached hydrogen (secondary N) is 1. The Hall–Kier alpha value is -1.71. The topological polar surface area (TPSA) is 84.3 Å². The Balaban J connectivity index is 1.56. The number of rotatable bonds is 7. The SMILES string of the molecule is Cc1nn(CC(C)C)c(C)c1CC(=O)N1CCC(NS(=O)(=O)c2cccs2)CC1. The molecule has 0 aromatic carbocycles. The number of thiophene rings is 1. The summed E-state index contributed by atoms with van der Waals surface area (Å²) in [6.07, 6.45) is 1.60. The molecule has 0 unspecified atom stereocenters. The average molecular weight is 439 g/mol. The molecule has 1 N–H and O–H groups in total. The summed E-state index contributed by atoms with van der Waals surface area (Å²) in [5, 5.41) is 6.35. The molecule has 29 heavy (non-hydrogen) atoms. The first-order chi connectivity index (χ1) is 13.7. The molecule has 3 rings (SSSR count). The molecule has 2 aromatic heterocycles. The fourth-order valence-electron chi connectivity index (χ4n) is 3.72. The van der Waals surface area contributed by atoms with Gasteiger partial charge in [0, 0.05) is 36.9 Å². The largest absolute Gasteiger partial charge is 0.342 e. The Labute approximate surface area is 177 Å². The van der Waals surface area contributed by atoms with Gasteiger partial charge in [-0.25, -0.2) is 13.1 Å².